The Hall–Kier alpha value is -2.18. The second-order valence-corrected chi connectivity index (χ2v) is 15.3. The number of ketones is 1. The Bertz CT molecular complexity index is 1140. The van der Waals surface area contributed by atoms with Gasteiger partial charge in [0, 0.05) is 17.8 Å². The molecule has 230 valence electrons. The van der Waals surface area contributed by atoms with Crippen molar-refractivity contribution in [3.8, 4) is 0 Å². The van der Waals surface area contributed by atoms with Gasteiger partial charge in [0.2, 0.25) is 0 Å². The standard InChI is InChI=1S/C34H52O7/c1-19(17-25(35)20(2)21(3)30(39)40)22-11-15-34(8)24-9-10-26-31(4,5)27(41-29(38)18-28(36)37)13-14-32(26,6)23(24)12-16-33(22,34)7/h19-22,26-27H,9-18H2,1-8H3,(H,36,37)(H,39,40)/t19-,20+,21-,22-,26+,27-,32-,33-,34+/m1/s1. The van der Waals surface area contributed by atoms with Crippen LogP contribution in [0.15, 0.2) is 11.1 Å². The molecule has 0 radical (unpaired) electrons. The number of fused-ring (bicyclic) bond motifs is 4. The predicted molar refractivity (Wildman–Crippen MR) is 156 cm³/mol. The molecule has 0 aliphatic heterocycles. The first-order valence-corrected chi connectivity index (χ1v) is 15.8. The Kier molecular flexibility index (Phi) is 8.38. The molecule has 0 saturated heterocycles. The van der Waals surface area contributed by atoms with Gasteiger partial charge in [-0.05, 0) is 85.4 Å². The Morgan fingerprint density at radius 2 is 1.51 bits per heavy atom. The van der Waals surface area contributed by atoms with Crippen LogP contribution < -0.4 is 0 Å². The highest BCUT2D eigenvalue weighted by Crippen LogP contribution is 2.72. The zero-order valence-electron chi connectivity index (χ0n) is 26.5. The number of aliphatic carboxylic acids is 2. The van der Waals surface area contributed by atoms with Gasteiger partial charge in [0.15, 0.2) is 0 Å². The summed E-state index contributed by atoms with van der Waals surface area (Å²) in [5.41, 5.74) is 3.19. The summed E-state index contributed by atoms with van der Waals surface area (Å²) in [5.74, 6) is -2.81. The Balaban J connectivity index is 1.56. The lowest BCUT2D eigenvalue weighted by Crippen LogP contribution is -2.56. The number of hydrogen-bond donors (Lipinski definition) is 2. The van der Waals surface area contributed by atoms with Crippen LogP contribution in [0.5, 0.6) is 0 Å². The van der Waals surface area contributed by atoms with Gasteiger partial charge in [0.25, 0.3) is 0 Å². The van der Waals surface area contributed by atoms with Gasteiger partial charge in [-0.1, -0.05) is 66.5 Å². The molecule has 0 bridgehead atoms. The zero-order valence-corrected chi connectivity index (χ0v) is 26.5. The van der Waals surface area contributed by atoms with Gasteiger partial charge in [0.1, 0.15) is 18.3 Å². The van der Waals surface area contributed by atoms with Gasteiger partial charge in [0.05, 0.1) is 5.92 Å². The Morgan fingerprint density at radius 3 is 2.12 bits per heavy atom. The lowest BCUT2D eigenvalue weighted by molar-refractivity contribution is -0.172. The molecule has 2 fully saturated rings. The molecule has 9 atom stereocenters. The quantitative estimate of drug-likeness (QED) is 0.172. The van der Waals surface area contributed by atoms with Gasteiger partial charge in [-0.15, -0.1) is 0 Å². The molecule has 0 aromatic rings. The molecule has 4 rings (SSSR count). The van der Waals surface area contributed by atoms with Crippen LogP contribution in [0.1, 0.15) is 120 Å². The highest BCUT2D eigenvalue weighted by Gasteiger charge is 2.63. The average Bonchev–Trinajstić information content (AvgIpc) is 3.15. The van der Waals surface area contributed by atoms with E-state index in [-0.39, 0.29) is 39.5 Å². The smallest absolute Gasteiger partial charge is 0.317 e. The first-order chi connectivity index (χ1) is 18.9. The fourth-order valence-corrected chi connectivity index (χ4v) is 10.3. The first kappa shape index (κ1) is 31.7. The normalized spacial score (nSPS) is 38.1. The third-order valence-electron chi connectivity index (χ3n) is 13.2. The maximum absolute atomic E-state index is 13.1. The molecule has 2 saturated carbocycles. The van der Waals surface area contributed by atoms with Crippen LogP contribution in [0.25, 0.3) is 0 Å². The monoisotopic (exact) mass is 572 g/mol. The van der Waals surface area contributed by atoms with Gasteiger partial charge < -0.3 is 14.9 Å². The lowest BCUT2D eigenvalue weighted by Gasteiger charge is -2.62. The second-order valence-electron chi connectivity index (χ2n) is 15.3. The molecular formula is C34H52O7. The summed E-state index contributed by atoms with van der Waals surface area (Å²) < 4.78 is 5.77. The molecule has 0 amide bonds. The maximum Gasteiger partial charge on any atom is 0.317 e. The number of esters is 1. The summed E-state index contributed by atoms with van der Waals surface area (Å²) in [4.78, 5) is 47.9. The predicted octanol–water partition coefficient (Wildman–Crippen LogP) is 7.07. The number of carboxylic acids is 2. The highest BCUT2D eigenvalue weighted by molar-refractivity contribution is 5.90. The molecule has 7 nitrogen and oxygen atoms in total. The van der Waals surface area contributed by atoms with E-state index in [1.807, 2.05) is 0 Å². The minimum Gasteiger partial charge on any atom is -0.481 e. The minimum atomic E-state index is -1.16. The van der Waals surface area contributed by atoms with E-state index in [4.69, 9.17) is 9.84 Å². The number of allylic oxidation sites excluding steroid dienone is 2. The largest absolute Gasteiger partial charge is 0.481 e. The molecule has 7 heteroatoms. The van der Waals surface area contributed by atoms with Crippen molar-refractivity contribution >= 4 is 23.7 Å². The fourth-order valence-electron chi connectivity index (χ4n) is 10.3. The number of carbonyl (C=O) groups is 4. The molecule has 0 aromatic carbocycles. The molecular weight excluding hydrogens is 520 g/mol. The Labute approximate surface area is 245 Å². The first-order valence-electron chi connectivity index (χ1n) is 15.8. The van der Waals surface area contributed by atoms with Crippen molar-refractivity contribution in [3.05, 3.63) is 11.1 Å². The van der Waals surface area contributed by atoms with Gasteiger partial charge in [-0.25, -0.2) is 0 Å². The number of hydrogen-bond acceptors (Lipinski definition) is 5. The number of Topliss-reactive ketones (excluding diaryl/α,β-unsaturated/α-hetero) is 1. The van der Waals surface area contributed by atoms with Crippen LogP contribution in [-0.4, -0.2) is 40.0 Å². The molecule has 2 N–H and O–H groups in total. The van der Waals surface area contributed by atoms with Crippen LogP contribution in [0.4, 0.5) is 0 Å². The summed E-state index contributed by atoms with van der Waals surface area (Å²) in [5, 5.41) is 18.4. The van der Waals surface area contributed by atoms with Crippen molar-refractivity contribution in [2.45, 2.75) is 126 Å². The van der Waals surface area contributed by atoms with E-state index >= 15 is 0 Å². The number of carbonyl (C=O) groups excluding carboxylic acids is 2. The Morgan fingerprint density at radius 1 is 0.854 bits per heavy atom. The van der Waals surface area contributed by atoms with Gasteiger partial charge in [-0.2, -0.15) is 0 Å². The van der Waals surface area contributed by atoms with Crippen LogP contribution in [0.3, 0.4) is 0 Å². The zero-order chi connectivity index (χ0) is 30.7. The fraction of sp³-hybridized carbons (Fsp3) is 0.824. The molecule has 0 unspecified atom stereocenters. The van der Waals surface area contributed by atoms with Crippen LogP contribution >= 0.6 is 0 Å². The van der Waals surface area contributed by atoms with Crippen LogP contribution in [0.2, 0.25) is 0 Å². The number of ether oxygens (including phenoxy) is 1. The van der Waals surface area contributed by atoms with Crippen molar-refractivity contribution in [3.63, 3.8) is 0 Å². The van der Waals surface area contributed by atoms with Crippen molar-refractivity contribution in [2.75, 3.05) is 0 Å². The van der Waals surface area contributed by atoms with E-state index in [1.165, 1.54) is 0 Å². The van der Waals surface area contributed by atoms with E-state index in [0.29, 0.717) is 18.3 Å². The molecule has 4 aliphatic carbocycles. The van der Waals surface area contributed by atoms with E-state index in [0.717, 1.165) is 51.4 Å². The molecule has 0 spiro atoms. The highest BCUT2D eigenvalue weighted by atomic mass is 16.5. The van der Waals surface area contributed by atoms with Crippen LogP contribution in [0, 0.1) is 51.2 Å². The SMILES string of the molecule is C[C@H](CC(=O)[C@@H](C)[C@@H](C)C(=O)O)[C@H]1CC[C@@]2(C)C3=C(CC[C@]12C)[C@@]1(C)CC[C@@H](OC(=O)CC(=O)O)C(C)(C)[C@@H]1CC3. The maximum atomic E-state index is 13.1. The lowest BCUT2D eigenvalue weighted by atomic mass is 9.43. The number of carboxylic acid groups (broad SMARTS) is 2. The van der Waals surface area contributed by atoms with Crippen molar-refractivity contribution in [1.29, 1.82) is 0 Å². The summed E-state index contributed by atoms with van der Waals surface area (Å²) >= 11 is 0. The second kappa shape index (κ2) is 10.8. The van der Waals surface area contributed by atoms with E-state index in [2.05, 4.69) is 41.5 Å². The number of rotatable bonds is 9. The third kappa shape index (κ3) is 5.07. The third-order valence-corrected chi connectivity index (χ3v) is 13.2. The summed E-state index contributed by atoms with van der Waals surface area (Å²) in [7, 11) is 0. The van der Waals surface area contributed by atoms with Gasteiger partial charge in [-0.3, -0.25) is 19.2 Å². The molecule has 0 heterocycles. The summed E-state index contributed by atoms with van der Waals surface area (Å²) in [6.07, 6.45) is 7.67. The van der Waals surface area contributed by atoms with Crippen molar-refractivity contribution < 1.29 is 34.1 Å². The van der Waals surface area contributed by atoms with Crippen LogP contribution in [-0.2, 0) is 23.9 Å². The van der Waals surface area contributed by atoms with Crippen molar-refractivity contribution in [1.82, 2.24) is 0 Å². The van der Waals surface area contributed by atoms with E-state index < -0.39 is 36.2 Å². The molecule has 41 heavy (non-hydrogen) atoms. The van der Waals surface area contributed by atoms with E-state index in [1.54, 1.807) is 25.0 Å². The van der Waals surface area contributed by atoms with Gasteiger partial charge >= 0.3 is 17.9 Å². The van der Waals surface area contributed by atoms with Crippen molar-refractivity contribution in [2.24, 2.45) is 51.2 Å². The average molecular weight is 573 g/mol. The summed E-state index contributed by atoms with van der Waals surface area (Å²) in [6, 6.07) is 0. The topological polar surface area (TPSA) is 118 Å². The molecule has 0 aromatic heterocycles. The minimum absolute atomic E-state index is 0.0270. The van der Waals surface area contributed by atoms with E-state index in [9.17, 15) is 24.3 Å². The summed E-state index contributed by atoms with van der Waals surface area (Å²) in [6.45, 7) is 17.3. The molecule has 4 aliphatic rings.